The molecule has 11 heteroatoms. The number of sulfonamides is 1. The lowest BCUT2D eigenvalue weighted by molar-refractivity contribution is -0.137. The molecule has 0 unspecified atom stereocenters. The van der Waals surface area contributed by atoms with E-state index in [0.29, 0.717) is 28.4 Å². The van der Waals surface area contributed by atoms with Crippen molar-refractivity contribution < 1.29 is 26.0 Å². The molecule has 0 fully saturated rings. The third-order valence-electron chi connectivity index (χ3n) is 4.68. The van der Waals surface area contributed by atoms with Crippen molar-refractivity contribution in [1.29, 1.82) is 0 Å². The molecule has 2 heterocycles. The second-order valence-electron chi connectivity index (χ2n) is 6.58. The van der Waals surface area contributed by atoms with Crippen LogP contribution in [0.2, 0.25) is 0 Å². The molecule has 0 aliphatic heterocycles. The number of hydrogen-bond donors (Lipinski definition) is 1. The summed E-state index contributed by atoms with van der Waals surface area (Å²) in [5.74, 6) is 0.376. The van der Waals surface area contributed by atoms with E-state index in [1.165, 1.54) is 12.1 Å². The van der Waals surface area contributed by atoms with Crippen LogP contribution >= 0.6 is 0 Å². The number of hydrogen-bond acceptors (Lipinski definition) is 5. The molecule has 29 heavy (non-hydrogen) atoms. The molecule has 0 spiro atoms. The second-order valence-corrected chi connectivity index (χ2v) is 8.28. The van der Waals surface area contributed by atoms with Crippen LogP contribution in [0.15, 0.2) is 33.6 Å². The summed E-state index contributed by atoms with van der Waals surface area (Å²) in [5, 5.41) is 7.68. The number of nitrogens with zero attached hydrogens (tertiary/aromatic N) is 3. The minimum absolute atomic E-state index is 0.00642. The molecule has 0 radical (unpaired) electrons. The first-order valence-electron chi connectivity index (χ1n) is 8.54. The van der Waals surface area contributed by atoms with Gasteiger partial charge in [-0.3, -0.25) is 0 Å². The van der Waals surface area contributed by atoms with Gasteiger partial charge in [0.25, 0.3) is 5.89 Å². The molecular formula is C18H19F3N4O3S. The molecule has 2 aromatic heterocycles. The Bertz CT molecular complexity index is 1150. The molecule has 3 rings (SSSR count). The molecular weight excluding hydrogens is 409 g/mol. The van der Waals surface area contributed by atoms with Crippen LogP contribution in [0, 0.1) is 20.8 Å². The molecule has 0 atom stereocenters. The third-order valence-corrected chi connectivity index (χ3v) is 6.24. The number of alkyl halides is 3. The SMILES string of the molecule is Cc1nnc(-c2c(S(=O)(=O)NCc3ccc(C(F)(F)F)cc3)c(C)n(C)c2C)o1. The highest BCUT2D eigenvalue weighted by molar-refractivity contribution is 7.89. The highest BCUT2D eigenvalue weighted by Gasteiger charge is 2.31. The van der Waals surface area contributed by atoms with Gasteiger partial charge in [-0.2, -0.15) is 13.2 Å². The normalized spacial score (nSPS) is 12.5. The van der Waals surface area contributed by atoms with Gasteiger partial charge in [0.2, 0.25) is 15.9 Å². The minimum atomic E-state index is -4.45. The fraction of sp³-hybridized carbons (Fsp3) is 0.333. The standard InChI is InChI=1S/C18H19F3N4O3S/c1-10-15(17-24-23-12(3)28-17)16(11(2)25(10)4)29(26,27)22-9-13-5-7-14(8-6-13)18(19,20)21/h5-8,22H,9H2,1-4H3. The van der Waals surface area contributed by atoms with E-state index in [2.05, 4.69) is 14.9 Å². The number of benzene rings is 1. The van der Waals surface area contributed by atoms with E-state index < -0.39 is 21.8 Å². The van der Waals surface area contributed by atoms with Crippen LogP contribution in [0.3, 0.4) is 0 Å². The maximum absolute atomic E-state index is 13.0. The first-order valence-corrected chi connectivity index (χ1v) is 10.0. The van der Waals surface area contributed by atoms with Crippen molar-refractivity contribution in [1.82, 2.24) is 19.5 Å². The van der Waals surface area contributed by atoms with E-state index in [1.54, 1.807) is 32.4 Å². The molecule has 0 saturated heterocycles. The summed E-state index contributed by atoms with van der Waals surface area (Å²) in [7, 11) is -2.31. The summed E-state index contributed by atoms with van der Waals surface area (Å²) in [6.45, 7) is 4.80. The number of halogens is 3. The van der Waals surface area contributed by atoms with Gasteiger partial charge in [0, 0.05) is 31.9 Å². The van der Waals surface area contributed by atoms with Gasteiger partial charge in [-0.05, 0) is 31.5 Å². The Morgan fingerprint density at radius 3 is 2.21 bits per heavy atom. The van der Waals surface area contributed by atoms with E-state index in [9.17, 15) is 21.6 Å². The predicted octanol–water partition coefficient (Wildman–Crippen LogP) is 3.50. The number of aromatic nitrogens is 3. The summed E-state index contributed by atoms with van der Waals surface area (Å²) in [4.78, 5) is -0.00642. The molecule has 7 nitrogen and oxygen atoms in total. The lowest BCUT2D eigenvalue weighted by Gasteiger charge is -2.10. The minimum Gasteiger partial charge on any atom is -0.421 e. The van der Waals surface area contributed by atoms with Gasteiger partial charge in [0.1, 0.15) is 4.90 Å². The average molecular weight is 428 g/mol. The van der Waals surface area contributed by atoms with Gasteiger partial charge in [-0.15, -0.1) is 10.2 Å². The van der Waals surface area contributed by atoms with Crippen LogP contribution in [0.4, 0.5) is 13.2 Å². The zero-order chi connectivity index (χ0) is 21.6. The highest BCUT2D eigenvalue weighted by atomic mass is 32.2. The Labute approximate surface area is 165 Å². The average Bonchev–Trinajstić information content (AvgIpc) is 3.16. The predicted molar refractivity (Wildman–Crippen MR) is 98.4 cm³/mol. The van der Waals surface area contributed by atoms with Gasteiger partial charge in [0.05, 0.1) is 11.1 Å². The Balaban J connectivity index is 1.93. The summed E-state index contributed by atoms with van der Waals surface area (Å²) >= 11 is 0. The van der Waals surface area contributed by atoms with Gasteiger partial charge in [-0.1, -0.05) is 12.1 Å². The summed E-state index contributed by atoms with van der Waals surface area (Å²) in [5.41, 5.74) is 0.981. The molecule has 3 aromatic rings. The molecule has 0 bridgehead atoms. The fourth-order valence-electron chi connectivity index (χ4n) is 2.96. The maximum atomic E-state index is 13.0. The fourth-order valence-corrected chi connectivity index (χ4v) is 4.49. The van der Waals surface area contributed by atoms with Crippen LogP contribution in [-0.2, 0) is 29.8 Å². The van der Waals surface area contributed by atoms with Crippen molar-refractivity contribution in [2.24, 2.45) is 7.05 Å². The maximum Gasteiger partial charge on any atom is 0.416 e. The van der Waals surface area contributed by atoms with Gasteiger partial charge in [0.15, 0.2) is 0 Å². The van der Waals surface area contributed by atoms with E-state index >= 15 is 0 Å². The molecule has 0 amide bonds. The molecule has 156 valence electrons. The van der Waals surface area contributed by atoms with Crippen LogP contribution in [0.1, 0.15) is 28.4 Å². The first-order chi connectivity index (χ1) is 13.4. The van der Waals surface area contributed by atoms with Crippen molar-refractivity contribution in [3.05, 3.63) is 52.7 Å². The lowest BCUT2D eigenvalue weighted by atomic mass is 10.1. The Morgan fingerprint density at radius 1 is 1.07 bits per heavy atom. The van der Waals surface area contributed by atoms with E-state index in [4.69, 9.17) is 4.42 Å². The van der Waals surface area contributed by atoms with Crippen LogP contribution in [0.5, 0.6) is 0 Å². The third kappa shape index (κ3) is 4.06. The van der Waals surface area contributed by atoms with Crippen molar-refractivity contribution in [2.45, 2.75) is 38.4 Å². The molecule has 1 N–H and O–H groups in total. The Morgan fingerprint density at radius 2 is 1.69 bits per heavy atom. The van der Waals surface area contributed by atoms with E-state index in [0.717, 1.165) is 12.1 Å². The Hall–Kier alpha value is -2.66. The van der Waals surface area contributed by atoms with Crippen LogP contribution in [0.25, 0.3) is 11.5 Å². The molecule has 0 aliphatic carbocycles. The summed E-state index contributed by atoms with van der Waals surface area (Å²) in [6, 6.07) is 4.29. The number of rotatable bonds is 5. The zero-order valence-electron chi connectivity index (χ0n) is 16.1. The number of aryl methyl sites for hydroxylation is 1. The lowest BCUT2D eigenvalue weighted by Crippen LogP contribution is -2.24. The largest absolute Gasteiger partial charge is 0.421 e. The molecule has 1 aromatic carbocycles. The highest BCUT2D eigenvalue weighted by Crippen LogP contribution is 2.34. The Kier molecular flexibility index (Phi) is 5.30. The van der Waals surface area contributed by atoms with Crippen molar-refractivity contribution in [2.75, 3.05) is 0 Å². The van der Waals surface area contributed by atoms with Gasteiger partial charge >= 0.3 is 6.18 Å². The quantitative estimate of drug-likeness (QED) is 0.672. The topological polar surface area (TPSA) is 90.0 Å². The molecule has 0 aliphatic rings. The van der Waals surface area contributed by atoms with Crippen LogP contribution in [-0.4, -0.2) is 23.2 Å². The van der Waals surface area contributed by atoms with Crippen molar-refractivity contribution in [3.63, 3.8) is 0 Å². The van der Waals surface area contributed by atoms with E-state index in [-0.39, 0.29) is 17.3 Å². The van der Waals surface area contributed by atoms with Gasteiger partial charge in [-0.25, -0.2) is 13.1 Å². The molecule has 0 saturated carbocycles. The van der Waals surface area contributed by atoms with Crippen LogP contribution < -0.4 is 4.72 Å². The van der Waals surface area contributed by atoms with Crippen molar-refractivity contribution in [3.8, 4) is 11.5 Å². The summed E-state index contributed by atoms with van der Waals surface area (Å²) in [6.07, 6.45) is -4.45. The smallest absolute Gasteiger partial charge is 0.416 e. The number of nitrogens with one attached hydrogen (secondary N) is 1. The van der Waals surface area contributed by atoms with Crippen molar-refractivity contribution >= 4 is 10.0 Å². The summed E-state index contributed by atoms with van der Waals surface area (Å²) < 4.78 is 73.6. The monoisotopic (exact) mass is 428 g/mol. The zero-order valence-corrected chi connectivity index (χ0v) is 16.9. The first kappa shape index (κ1) is 21.1. The second kappa shape index (κ2) is 7.30. The van der Waals surface area contributed by atoms with E-state index in [1.807, 2.05) is 0 Å². The van der Waals surface area contributed by atoms with Gasteiger partial charge < -0.3 is 8.98 Å².